The molecule has 1 amide bonds. The number of amides is 1. The second-order valence-corrected chi connectivity index (χ2v) is 7.23. The van der Waals surface area contributed by atoms with Gasteiger partial charge in [-0.05, 0) is 20.3 Å². The minimum Gasteiger partial charge on any atom is -0.361 e. The molecule has 0 aromatic carbocycles. The summed E-state index contributed by atoms with van der Waals surface area (Å²) in [6.45, 7) is 8.41. The van der Waals surface area contributed by atoms with Crippen molar-refractivity contribution in [2.45, 2.75) is 46.2 Å². The average Bonchev–Trinajstić information content (AvgIpc) is 3.30. The second kappa shape index (κ2) is 8.04. The molecule has 1 aliphatic rings. The largest absolute Gasteiger partial charge is 0.361 e. The summed E-state index contributed by atoms with van der Waals surface area (Å²) in [6.07, 6.45) is 1.86. The molecule has 0 bridgehead atoms. The molecule has 27 heavy (non-hydrogen) atoms. The zero-order valence-corrected chi connectivity index (χ0v) is 16.7. The minimum absolute atomic E-state index is 0.175. The van der Waals surface area contributed by atoms with Gasteiger partial charge in [0.2, 0.25) is 5.82 Å². The highest BCUT2D eigenvalue weighted by atomic mass is 16.5. The molecule has 0 saturated carbocycles. The van der Waals surface area contributed by atoms with Gasteiger partial charge >= 0.3 is 0 Å². The lowest BCUT2D eigenvalue weighted by Crippen LogP contribution is -2.33. The van der Waals surface area contributed by atoms with Gasteiger partial charge in [0.25, 0.3) is 5.91 Å². The fourth-order valence-corrected chi connectivity index (χ4v) is 3.19. The number of aromatic nitrogens is 3. The fraction of sp³-hybridized carbons (Fsp3) is 0.579. The number of hydrogen-bond donors (Lipinski definition) is 1. The van der Waals surface area contributed by atoms with Gasteiger partial charge in [-0.25, -0.2) is 9.97 Å². The zero-order valence-electron chi connectivity index (χ0n) is 16.7. The van der Waals surface area contributed by atoms with Crippen molar-refractivity contribution in [1.82, 2.24) is 25.3 Å². The topological polar surface area (TPSA) is 87.4 Å². The molecule has 1 N–H and O–H groups in total. The van der Waals surface area contributed by atoms with E-state index in [1.807, 2.05) is 26.8 Å². The van der Waals surface area contributed by atoms with E-state index in [-0.39, 0.29) is 11.7 Å². The Balaban J connectivity index is 1.68. The van der Waals surface area contributed by atoms with E-state index in [0.717, 1.165) is 54.5 Å². The lowest BCUT2D eigenvalue weighted by molar-refractivity contribution is 0.0815. The number of carbonyl (C=O) groups is 1. The van der Waals surface area contributed by atoms with Gasteiger partial charge in [-0.2, -0.15) is 0 Å². The van der Waals surface area contributed by atoms with E-state index in [2.05, 4.69) is 25.3 Å². The van der Waals surface area contributed by atoms with Crippen LogP contribution >= 0.6 is 0 Å². The van der Waals surface area contributed by atoms with Gasteiger partial charge in [-0.1, -0.05) is 12.1 Å². The molecule has 1 fully saturated rings. The molecule has 0 radical (unpaired) electrons. The second-order valence-electron chi connectivity index (χ2n) is 7.23. The quantitative estimate of drug-likeness (QED) is 0.826. The van der Waals surface area contributed by atoms with E-state index in [9.17, 15) is 4.79 Å². The maximum Gasteiger partial charge on any atom is 0.291 e. The molecular weight excluding hydrogens is 344 g/mol. The molecule has 0 aliphatic carbocycles. The molecule has 3 heterocycles. The normalized spacial score (nSPS) is 16.8. The Morgan fingerprint density at radius 3 is 2.81 bits per heavy atom. The molecule has 1 aliphatic heterocycles. The third kappa shape index (κ3) is 4.27. The van der Waals surface area contributed by atoms with Crippen LogP contribution in [0.2, 0.25) is 0 Å². The molecule has 146 valence electrons. The van der Waals surface area contributed by atoms with Crippen molar-refractivity contribution in [2.75, 3.05) is 32.1 Å². The molecule has 2 aromatic heterocycles. The number of nitrogens with one attached hydrogen (secondary N) is 1. The number of rotatable bonds is 6. The zero-order chi connectivity index (χ0) is 19.6. The van der Waals surface area contributed by atoms with E-state index in [1.165, 1.54) is 4.90 Å². The number of nitrogens with zero attached hydrogens (tertiary/aromatic N) is 5. The molecule has 0 unspecified atom stereocenters. The van der Waals surface area contributed by atoms with Crippen LogP contribution in [0.25, 0.3) is 0 Å². The lowest BCUT2D eigenvalue weighted by Gasteiger charge is -2.22. The number of hydrogen-bond acceptors (Lipinski definition) is 7. The number of aryl methyl sites for hydroxylation is 2. The Bertz CT molecular complexity index is 817. The van der Waals surface area contributed by atoms with Gasteiger partial charge in [-0.3, -0.25) is 4.79 Å². The van der Waals surface area contributed by atoms with Gasteiger partial charge in [0.1, 0.15) is 11.6 Å². The molecule has 0 spiro atoms. The van der Waals surface area contributed by atoms with Crippen LogP contribution < -0.4 is 10.2 Å². The minimum atomic E-state index is -0.175. The summed E-state index contributed by atoms with van der Waals surface area (Å²) in [4.78, 5) is 25.0. The summed E-state index contributed by atoms with van der Waals surface area (Å²) in [5.74, 6) is 1.84. The van der Waals surface area contributed by atoms with E-state index in [1.54, 1.807) is 14.1 Å². The molecule has 2 aromatic rings. The fourth-order valence-electron chi connectivity index (χ4n) is 3.19. The van der Waals surface area contributed by atoms with Crippen LogP contribution in [0.15, 0.2) is 10.6 Å². The summed E-state index contributed by atoms with van der Waals surface area (Å²) >= 11 is 0. The number of anilines is 1. The predicted molar refractivity (Wildman–Crippen MR) is 103 cm³/mol. The first-order chi connectivity index (χ1) is 12.9. The Morgan fingerprint density at radius 1 is 1.37 bits per heavy atom. The van der Waals surface area contributed by atoms with Gasteiger partial charge in [0.15, 0.2) is 0 Å². The maximum absolute atomic E-state index is 12.3. The number of carbonyl (C=O) groups excluding carboxylic acids is 1. The van der Waals surface area contributed by atoms with Crippen LogP contribution in [0.4, 0.5) is 5.82 Å². The van der Waals surface area contributed by atoms with Crippen LogP contribution in [0, 0.1) is 13.8 Å². The predicted octanol–water partition coefficient (Wildman–Crippen LogP) is 1.71. The maximum atomic E-state index is 12.3. The van der Waals surface area contributed by atoms with Gasteiger partial charge in [0, 0.05) is 63.5 Å². The van der Waals surface area contributed by atoms with Crippen molar-refractivity contribution in [3.8, 4) is 0 Å². The summed E-state index contributed by atoms with van der Waals surface area (Å²) in [5.41, 5.74) is 2.80. The van der Waals surface area contributed by atoms with Crippen molar-refractivity contribution in [2.24, 2.45) is 0 Å². The van der Waals surface area contributed by atoms with Crippen molar-refractivity contribution >= 4 is 11.7 Å². The Kier molecular flexibility index (Phi) is 5.74. The average molecular weight is 372 g/mol. The highest BCUT2D eigenvalue weighted by Crippen LogP contribution is 2.24. The van der Waals surface area contributed by atoms with Crippen LogP contribution in [-0.2, 0) is 13.0 Å². The molecular formula is C19H28N6O2. The van der Waals surface area contributed by atoms with Crippen molar-refractivity contribution in [1.29, 1.82) is 0 Å². The molecule has 8 heteroatoms. The first kappa shape index (κ1) is 19.3. The van der Waals surface area contributed by atoms with E-state index in [4.69, 9.17) is 4.52 Å². The van der Waals surface area contributed by atoms with Crippen LogP contribution in [0.5, 0.6) is 0 Å². The SMILES string of the molecule is CCc1cc(CN[C@@H]2CCN(c3nc(C(=O)N(C)C)nc(C)c3C)C2)no1. The van der Waals surface area contributed by atoms with Crippen molar-refractivity contribution in [3.05, 3.63) is 34.6 Å². The van der Waals surface area contributed by atoms with E-state index in [0.29, 0.717) is 12.6 Å². The Morgan fingerprint density at radius 2 is 2.15 bits per heavy atom. The summed E-state index contributed by atoms with van der Waals surface area (Å²) in [5, 5.41) is 7.63. The first-order valence-corrected chi connectivity index (χ1v) is 9.38. The summed E-state index contributed by atoms with van der Waals surface area (Å²) < 4.78 is 5.25. The highest BCUT2D eigenvalue weighted by molar-refractivity contribution is 5.90. The molecule has 3 rings (SSSR count). The van der Waals surface area contributed by atoms with Crippen molar-refractivity contribution < 1.29 is 9.32 Å². The summed E-state index contributed by atoms with van der Waals surface area (Å²) in [7, 11) is 3.43. The van der Waals surface area contributed by atoms with Crippen LogP contribution in [0.1, 0.15) is 46.7 Å². The van der Waals surface area contributed by atoms with Gasteiger partial charge in [0.05, 0.1) is 5.69 Å². The van der Waals surface area contributed by atoms with Crippen molar-refractivity contribution in [3.63, 3.8) is 0 Å². The molecule has 1 atom stereocenters. The monoisotopic (exact) mass is 372 g/mol. The van der Waals surface area contributed by atoms with Gasteiger partial charge in [-0.15, -0.1) is 0 Å². The third-order valence-corrected chi connectivity index (χ3v) is 4.98. The first-order valence-electron chi connectivity index (χ1n) is 9.38. The Hall–Kier alpha value is -2.48. The molecule has 1 saturated heterocycles. The summed E-state index contributed by atoms with van der Waals surface area (Å²) in [6, 6.07) is 2.34. The van der Waals surface area contributed by atoms with Crippen LogP contribution in [-0.4, -0.2) is 59.2 Å². The smallest absolute Gasteiger partial charge is 0.291 e. The van der Waals surface area contributed by atoms with E-state index < -0.39 is 0 Å². The Labute approximate surface area is 159 Å². The van der Waals surface area contributed by atoms with Crippen LogP contribution in [0.3, 0.4) is 0 Å². The third-order valence-electron chi connectivity index (χ3n) is 4.98. The standard InChI is InChI=1S/C19H28N6O2/c1-6-16-9-15(23-27-16)10-20-14-7-8-25(11-14)18-12(2)13(3)21-17(22-18)19(26)24(4)5/h9,14,20H,6-8,10-11H2,1-5H3/t14-/m1/s1. The van der Waals surface area contributed by atoms with Gasteiger partial charge < -0.3 is 19.6 Å². The molecule has 8 nitrogen and oxygen atoms in total. The highest BCUT2D eigenvalue weighted by Gasteiger charge is 2.26. The van der Waals surface area contributed by atoms with E-state index >= 15 is 0 Å². The lowest BCUT2D eigenvalue weighted by atomic mass is 10.2.